The second-order valence-corrected chi connectivity index (χ2v) is 9.14. The van der Waals surface area contributed by atoms with E-state index < -0.39 is 10.0 Å². The van der Waals surface area contributed by atoms with Gasteiger partial charge in [0.1, 0.15) is 0 Å². The lowest BCUT2D eigenvalue weighted by Crippen LogP contribution is -2.41. The van der Waals surface area contributed by atoms with E-state index in [0.29, 0.717) is 6.54 Å². The molecular weight excluding hydrogens is 439 g/mol. The number of nitrogens with zero attached hydrogens (tertiary/aromatic N) is 3. The fraction of sp³-hybridized carbons (Fsp3) is 0.938. The van der Waals surface area contributed by atoms with E-state index in [1.165, 1.54) is 17.1 Å². The van der Waals surface area contributed by atoms with Crippen LogP contribution in [0.15, 0.2) is 4.99 Å². The number of guanidine groups is 1. The van der Waals surface area contributed by atoms with Crippen LogP contribution in [0.5, 0.6) is 0 Å². The van der Waals surface area contributed by atoms with E-state index in [2.05, 4.69) is 29.1 Å². The molecule has 0 spiro atoms. The topological polar surface area (TPSA) is 65.0 Å². The van der Waals surface area contributed by atoms with Crippen LogP contribution in [-0.2, 0) is 10.0 Å². The lowest BCUT2D eigenvalue weighted by molar-refractivity contribution is 0.402. The molecule has 0 aromatic carbocycles. The highest BCUT2D eigenvalue weighted by Gasteiger charge is 2.25. The SMILES string of the molecule is CCS(=O)(=O)N(C)CCCNC(=NC)N1CCC(CC(C)C)C1.I. The molecule has 0 aromatic heterocycles. The molecule has 1 heterocycles. The van der Waals surface area contributed by atoms with E-state index in [-0.39, 0.29) is 29.7 Å². The van der Waals surface area contributed by atoms with Crippen LogP contribution in [0.25, 0.3) is 0 Å². The summed E-state index contributed by atoms with van der Waals surface area (Å²) < 4.78 is 24.8. The van der Waals surface area contributed by atoms with Gasteiger partial charge >= 0.3 is 0 Å². The number of likely N-dealkylation sites (tertiary alicyclic amines) is 1. The highest BCUT2D eigenvalue weighted by molar-refractivity contribution is 14.0. The quantitative estimate of drug-likeness (QED) is 0.254. The van der Waals surface area contributed by atoms with E-state index >= 15 is 0 Å². The second-order valence-electron chi connectivity index (χ2n) is 6.78. The Morgan fingerprint density at radius 1 is 1.42 bits per heavy atom. The molecule has 1 aliphatic heterocycles. The Bertz CT molecular complexity index is 482. The van der Waals surface area contributed by atoms with Crippen LogP contribution in [-0.4, -0.2) is 69.6 Å². The van der Waals surface area contributed by atoms with Crippen LogP contribution in [0.4, 0.5) is 0 Å². The number of nitrogens with one attached hydrogen (secondary N) is 1. The summed E-state index contributed by atoms with van der Waals surface area (Å²) in [5, 5.41) is 3.36. The van der Waals surface area contributed by atoms with Crippen LogP contribution >= 0.6 is 24.0 Å². The van der Waals surface area contributed by atoms with Crippen molar-refractivity contribution in [2.24, 2.45) is 16.8 Å². The van der Waals surface area contributed by atoms with Gasteiger partial charge in [0.15, 0.2) is 5.96 Å². The normalized spacial score (nSPS) is 19.0. The van der Waals surface area contributed by atoms with Crippen molar-refractivity contribution in [3.63, 3.8) is 0 Å². The molecule has 1 saturated heterocycles. The number of hydrogen-bond acceptors (Lipinski definition) is 3. The largest absolute Gasteiger partial charge is 0.356 e. The molecule has 0 aromatic rings. The molecule has 1 fully saturated rings. The van der Waals surface area contributed by atoms with Gasteiger partial charge in [-0.2, -0.15) is 0 Å². The van der Waals surface area contributed by atoms with Crippen molar-refractivity contribution in [3.8, 4) is 0 Å². The maximum atomic E-state index is 11.7. The zero-order valence-electron chi connectivity index (χ0n) is 15.8. The van der Waals surface area contributed by atoms with Gasteiger partial charge in [-0.3, -0.25) is 4.99 Å². The van der Waals surface area contributed by atoms with Gasteiger partial charge in [0, 0.05) is 40.3 Å². The lowest BCUT2D eigenvalue weighted by Gasteiger charge is -2.22. The van der Waals surface area contributed by atoms with Crippen molar-refractivity contribution in [1.82, 2.24) is 14.5 Å². The maximum absolute atomic E-state index is 11.7. The first-order chi connectivity index (χ1) is 10.8. The molecule has 0 bridgehead atoms. The number of hydrogen-bond donors (Lipinski definition) is 1. The van der Waals surface area contributed by atoms with Crippen LogP contribution in [0.2, 0.25) is 0 Å². The summed E-state index contributed by atoms with van der Waals surface area (Å²) in [5.41, 5.74) is 0. The van der Waals surface area contributed by atoms with Crippen molar-refractivity contribution >= 4 is 40.0 Å². The Balaban J connectivity index is 0.00000529. The zero-order chi connectivity index (χ0) is 17.5. The number of aliphatic imine (C=N–C) groups is 1. The zero-order valence-corrected chi connectivity index (χ0v) is 18.9. The van der Waals surface area contributed by atoms with Crippen molar-refractivity contribution < 1.29 is 8.42 Å². The Hall–Kier alpha value is -0.0900. The molecule has 1 atom stereocenters. The number of sulfonamides is 1. The summed E-state index contributed by atoms with van der Waals surface area (Å²) in [7, 11) is 0.381. The van der Waals surface area contributed by atoms with Crippen LogP contribution in [0, 0.1) is 11.8 Å². The highest BCUT2D eigenvalue weighted by atomic mass is 127. The second kappa shape index (κ2) is 11.5. The van der Waals surface area contributed by atoms with Crippen molar-refractivity contribution in [1.29, 1.82) is 0 Å². The van der Waals surface area contributed by atoms with E-state index in [1.54, 1.807) is 14.0 Å². The summed E-state index contributed by atoms with van der Waals surface area (Å²) in [6.45, 7) is 9.63. The third-order valence-corrected chi connectivity index (χ3v) is 6.24. The van der Waals surface area contributed by atoms with Gasteiger partial charge < -0.3 is 10.2 Å². The van der Waals surface area contributed by atoms with Gasteiger partial charge in [0.05, 0.1) is 5.75 Å². The minimum Gasteiger partial charge on any atom is -0.356 e. The van der Waals surface area contributed by atoms with Crippen LogP contribution in [0.3, 0.4) is 0 Å². The van der Waals surface area contributed by atoms with E-state index in [1.807, 2.05) is 7.05 Å². The molecule has 0 amide bonds. The molecule has 8 heteroatoms. The van der Waals surface area contributed by atoms with Gasteiger partial charge in [-0.1, -0.05) is 13.8 Å². The Morgan fingerprint density at radius 3 is 2.62 bits per heavy atom. The highest BCUT2D eigenvalue weighted by Crippen LogP contribution is 2.23. The summed E-state index contributed by atoms with van der Waals surface area (Å²) in [4.78, 5) is 6.68. The number of halogens is 1. The van der Waals surface area contributed by atoms with Crippen molar-refractivity contribution in [3.05, 3.63) is 0 Å². The smallest absolute Gasteiger partial charge is 0.213 e. The molecule has 1 N–H and O–H groups in total. The molecule has 24 heavy (non-hydrogen) atoms. The fourth-order valence-corrected chi connectivity index (χ4v) is 3.93. The first-order valence-corrected chi connectivity index (χ1v) is 10.3. The maximum Gasteiger partial charge on any atom is 0.213 e. The molecule has 1 unspecified atom stereocenters. The van der Waals surface area contributed by atoms with Gasteiger partial charge in [0.25, 0.3) is 0 Å². The molecule has 0 aliphatic carbocycles. The first-order valence-electron chi connectivity index (χ1n) is 8.69. The summed E-state index contributed by atoms with van der Waals surface area (Å²) in [6.07, 6.45) is 3.28. The van der Waals surface area contributed by atoms with E-state index in [9.17, 15) is 8.42 Å². The Kier molecular flexibility index (Phi) is 11.5. The Morgan fingerprint density at radius 2 is 2.08 bits per heavy atom. The van der Waals surface area contributed by atoms with Crippen LogP contribution in [0.1, 0.15) is 40.0 Å². The predicted octanol–water partition coefficient (Wildman–Crippen LogP) is 2.22. The average molecular weight is 474 g/mol. The summed E-state index contributed by atoms with van der Waals surface area (Å²) >= 11 is 0. The van der Waals surface area contributed by atoms with E-state index in [0.717, 1.165) is 43.9 Å². The lowest BCUT2D eigenvalue weighted by atomic mass is 9.97. The third kappa shape index (κ3) is 7.86. The monoisotopic (exact) mass is 474 g/mol. The Labute approximate surface area is 165 Å². The average Bonchev–Trinajstić information content (AvgIpc) is 2.94. The van der Waals surface area contributed by atoms with Gasteiger partial charge in [-0.25, -0.2) is 12.7 Å². The van der Waals surface area contributed by atoms with Crippen LogP contribution < -0.4 is 5.32 Å². The fourth-order valence-electron chi connectivity index (χ4n) is 3.08. The van der Waals surface area contributed by atoms with Crippen molar-refractivity contribution in [2.45, 2.75) is 40.0 Å². The van der Waals surface area contributed by atoms with Gasteiger partial charge in [-0.05, 0) is 38.0 Å². The first kappa shape index (κ1) is 23.9. The minimum absolute atomic E-state index is 0. The van der Waals surface area contributed by atoms with E-state index in [4.69, 9.17) is 0 Å². The molecule has 1 rings (SSSR count). The van der Waals surface area contributed by atoms with Gasteiger partial charge in [0.2, 0.25) is 10.0 Å². The standard InChI is InChI=1S/C16H34N4O2S.HI/c1-6-23(21,22)19(5)10-7-9-18-16(17-4)20-11-8-15(13-20)12-14(2)3;/h14-15H,6-13H2,1-5H3,(H,17,18);1H. The molecule has 0 radical (unpaired) electrons. The number of rotatable bonds is 8. The molecule has 0 saturated carbocycles. The predicted molar refractivity (Wildman–Crippen MR) is 113 cm³/mol. The molecule has 144 valence electrons. The molecular formula is C16H35IN4O2S. The molecule has 1 aliphatic rings. The summed E-state index contributed by atoms with van der Waals surface area (Å²) in [5.74, 6) is 2.60. The summed E-state index contributed by atoms with van der Waals surface area (Å²) in [6, 6.07) is 0. The third-order valence-electron chi connectivity index (χ3n) is 4.37. The minimum atomic E-state index is -3.07. The van der Waals surface area contributed by atoms with Crippen molar-refractivity contribution in [2.75, 3.05) is 46.0 Å². The molecule has 6 nitrogen and oxygen atoms in total. The van der Waals surface area contributed by atoms with Gasteiger partial charge in [-0.15, -0.1) is 24.0 Å².